The summed E-state index contributed by atoms with van der Waals surface area (Å²) in [7, 11) is 0. The highest BCUT2D eigenvalue weighted by Gasteiger charge is 2.47. The molecule has 2 aromatic heterocycles. The van der Waals surface area contributed by atoms with Crippen molar-refractivity contribution in [3.8, 4) is 16.9 Å². The summed E-state index contributed by atoms with van der Waals surface area (Å²) in [5, 5.41) is 3.97. The quantitative estimate of drug-likeness (QED) is 0.484. The lowest BCUT2D eigenvalue weighted by Crippen LogP contribution is -2.55. The molecule has 0 unspecified atom stereocenters. The van der Waals surface area contributed by atoms with Gasteiger partial charge in [0.15, 0.2) is 23.7 Å². The third kappa shape index (κ3) is 5.73. The van der Waals surface area contributed by atoms with Gasteiger partial charge in [-0.25, -0.2) is 0 Å². The molecule has 0 aliphatic carbocycles. The Balaban J connectivity index is 1.85. The van der Waals surface area contributed by atoms with Gasteiger partial charge in [-0.15, -0.1) is 11.8 Å². The number of hydrogen-bond donors (Lipinski definition) is 0. The van der Waals surface area contributed by atoms with E-state index in [1.165, 1.54) is 32.5 Å². The van der Waals surface area contributed by atoms with E-state index in [2.05, 4.69) is 4.98 Å². The van der Waals surface area contributed by atoms with E-state index in [1.54, 1.807) is 23.7 Å². The number of rotatable bonds is 6. The minimum absolute atomic E-state index is 0.303. The third-order valence-corrected chi connectivity index (χ3v) is 6.02. The fourth-order valence-electron chi connectivity index (χ4n) is 3.01. The van der Waals surface area contributed by atoms with Gasteiger partial charge < -0.3 is 18.9 Å². The zero-order valence-corrected chi connectivity index (χ0v) is 18.2. The van der Waals surface area contributed by atoms with Gasteiger partial charge in [0.25, 0.3) is 0 Å². The molecule has 0 saturated carbocycles. The highest BCUT2D eigenvalue weighted by Crippen LogP contribution is 2.35. The lowest BCUT2D eigenvalue weighted by molar-refractivity contribution is -0.186. The van der Waals surface area contributed by atoms with Gasteiger partial charge in [0.2, 0.25) is 0 Å². The molecule has 0 amide bonds. The lowest BCUT2D eigenvalue weighted by Gasteiger charge is -2.39. The Kier molecular flexibility index (Phi) is 7.33. The van der Waals surface area contributed by atoms with Crippen molar-refractivity contribution in [3.63, 3.8) is 0 Å². The van der Waals surface area contributed by atoms with E-state index < -0.39 is 41.7 Å². The number of carbonyl (C=O) groups excluding carboxylic acids is 3. The fraction of sp³-hybridized carbons (Fsp3) is 0.400. The van der Waals surface area contributed by atoms with Crippen LogP contribution in [0.5, 0.6) is 5.75 Å². The second-order valence-corrected chi connectivity index (χ2v) is 8.45. The monoisotopic (exact) mass is 451 g/mol. The Morgan fingerprint density at radius 1 is 0.967 bits per heavy atom. The van der Waals surface area contributed by atoms with Crippen LogP contribution in [0.3, 0.4) is 0 Å². The highest BCUT2D eigenvalue weighted by atomic mass is 32.2. The molecule has 8 nitrogen and oxygen atoms in total. The molecular formula is C20H21NO7S2. The maximum absolute atomic E-state index is 11.7. The van der Waals surface area contributed by atoms with E-state index in [0.717, 1.165) is 11.1 Å². The Bertz CT molecular complexity index is 902. The van der Waals surface area contributed by atoms with Crippen molar-refractivity contribution in [1.82, 2.24) is 4.98 Å². The number of nitrogens with zero attached hydrogens (tertiary/aromatic N) is 1. The molecule has 160 valence electrons. The summed E-state index contributed by atoms with van der Waals surface area (Å²) in [5.41, 5.74) is 1.20. The van der Waals surface area contributed by atoms with Crippen LogP contribution in [0, 0.1) is 0 Å². The number of thioether (sulfide) groups is 1. The van der Waals surface area contributed by atoms with Gasteiger partial charge in [0.05, 0.1) is 6.20 Å². The second-order valence-electron chi connectivity index (χ2n) is 6.54. The van der Waals surface area contributed by atoms with E-state index in [4.69, 9.17) is 18.9 Å². The largest absolute Gasteiger partial charge is 0.474 e. The van der Waals surface area contributed by atoms with Crippen LogP contribution >= 0.6 is 23.1 Å². The van der Waals surface area contributed by atoms with Crippen LogP contribution in [0.4, 0.5) is 0 Å². The van der Waals surface area contributed by atoms with Gasteiger partial charge in [-0.3, -0.25) is 19.4 Å². The number of carbonyl (C=O) groups is 3. The normalized spacial score (nSPS) is 23.3. The third-order valence-electron chi connectivity index (χ3n) is 4.12. The Labute approximate surface area is 181 Å². The predicted molar refractivity (Wildman–Crippen MR) is 111 cm³/mol. The van der Waals surface area contributed by atoms with Gasteiger partial charge in [0.1, 0.15) is 5.75 Å². The van der Waals surface area contributed by atoms with E-state index in [0.29, 0.717) is 11.5 Å². The van der Waals surface area contributed by atoms with E-state index in [1.807, 2.05) is 22.9 Å². The van der Waals surface area contributed by atoms with Gasteiger partial charge in [0, 0.05) is 38.3 Å². The molecule has 1 saturated heterocycles. The summed E-state index contributed by atoms with van der Waals surface area (Å²) >= 11 is 2.87. The molecule has 10 heteroatoms. The molecule has 30 heavy (non-hydrogen) atoms. The Morgan fingerprint density at radius 2 is 1.67 bits per heavy atom. The van der Waals surface area contributed by atoms with Crippen molar-refractivity contribution >= 4 is 41.0 Å². The van der Waals surface area contributed by atoms with Gasteiger partial charge in [-0.05, 0) is 28.5 Å². The maximum Gasteiger partial charge on any atom is 0.303 e. The molecule has 3 heterocycles. The summed E-state index contributed by atoms with van der Waals surface area (Å²) in [5.74, 6) is -0.897. The lowest BCUT2D eigenvalue weighted by atomic mass is 10.1. The van der Waals surface area contributed by atoms with Gasteiger partial charge in [-0.1, -0.05) is 0 Å². The predicted octanol–water partition coefficient (Wildman–Crippen LogP) is 3.06. The van der Waals surface area contributed by atoms with E-state index >= 15 is 0 Å². The number of thiophene rings is 1. The van der Waals surface area contributed by atoms with Crippen molar-refractivity contribution in [2.45, 2.75) is 44.5 Å². The number of esters is 3. The van der Waals surface area contributed by atoms with Crippen molar-refractivity contribution in [1.29, 1.82) is 0 Å². The fourth-order valence-corrected chi connectivity index (χ4v) is 4.90. The van der Waals surface area contributed by atoms with Crippen LogP contribution in [0.2, 0.25) is 0 Å². The van der Waals surface area contributed by atoms with Crippen molar-refractivity contribution < 1.29 is 33.3 Å². The summed E-state index contributed by atoms with van der Waals surface area (Å²) in [6.07, 6.45) is 0.551. The summed E-state index contributed by atoms with van der Waals surface area (Å²) < 4.78 is 22.2. The maximum atomic E-state index is 11.7. The minimum atomic E-state index is -0.991. The summed E-state index contributed by atoms with van der Waals surface area (Å²) in [6, 6.07) is 3.81. The molecule has 1 fully saturated rings. The van der Waals surface area contributed by atoms with Crippen LogP contribution < -0.4 is 4.74 Å². The average Bonchev–Trinajstić information content (AvgIpc) is 3.20. The molecule has 0 spiro atoms. The second kappa shape index (κ2) is 9.94. The Hall–Kier alpha value is -2.59. The van der Waals surface area contributed by atoms with Gasteiger partial charge >= 0.3 is 17.9 Å². The van der Waals surface area contributed by atoms with Crippen LogP contribution in [0.1, 0.15) is 20.8 Å². The molecule has 2 aromatic rings. The smallest absolute Gasteiger partial charge is 0.303 e. The summed E-state index contributed by atoms with van der Waals surface area (Å²) in [6.45, 7) is 3.75. The molecule has 0 N–H and O–H groups in total. The number of pyridine rings is 1. The van der Waals surface area contributed by atoms with Crippen LogP contribution in [0.25, 0.3) is 11.1 Å². The standard InChI is InChI=1S/C20H21NO7S2/c1-11(22)25-17-10-30-20(19(27-13(3)24)18(17)26-12(2)23)28-16-6-15(7-21-8-16)14-4-5-29-9-14/h4-9,17-20H,10H2,1-3H3/t17-,18+,19-,20-/m1/s1. The molecule has 4 atom stereocenters. The summed E-state index contributed by atoms with van der Waals surface area (Å²) in [4.78, 5) is 39.1. The number of hydrogen-bond acceptors (Lipinski definition) is 10. The van der Waals surface area contributed by atoms with E-state index in [-0.39, 0.29) is 0 Å². The molecule has 0 radical (unpaired) electrons. The molecule has 1 aliphatic rings. The molecule has 3 rings (SSSR count). The SMILES string of the molecule is CC(=O)O[C@@H]1[C@@H](OC(C)=O)[C@H](OC(C)=O)CS[C@H]1Oc1cncc(-c2ccsc2)c1. The van der Waals surface area contributed by atoms with Crippen LogP contribution in [0.15, 0.2) is 35.3 Å². The first-order valence-electron chi connectivity index (χ1n) is 9.11. The Morgan fingerprint density at radius 3 is 2.30 bits per heavy atom. The van der Waals surface area contributed by atoms with Crippen molar-refractivity contribution in [3.05, 3.63) is 35.3 Å². The van der Waals surface area contributed by atoms with Crippen LogP contribution in [-0.2, 0) is 28.6 Å². The first kappa shape index (κ1) is 22.1. The first-order valence-corrected chi connectivity index (χ1v) is 11.1. The molecular weight excluding hydrogens is 430 g/mol. The van der Waals surface area contributed by atoms with E-state index in [9.17, 15) is 14.4 Å². The molecule has 1 aliphatic heterocycles. The number of ether oxygens (including phenoxy) is 4. The first-order chi connectivity index (χ1) is 14.3. The molecule has 0 bridgehead atoms. The average molecular weight is 452 g/mol. The van der Waals surface area contributed by atoms with Crippen molar-refractivity contribution in [2.24, 2.45) is 0 Å². The number of aromatic nitrogens is 1. The highest BCUT2D eigenvalue weighted by molar-refractivity contribution is 7.99. The van der Waals surface area contributed by atoms with Crippen LogP contribution in [-0.4, -0.2) is 52.4 Å². The van der Waals surface area contributed by atoms with Gasteiger partial charge in [-0.2, -0.15) is 11.3 Å². The minimum Gasteiger partial charge on any atom is -0.474 e. The zero-order chi connectivity index (χ0) is 21.7. The zero-order valence-electron chi connectivity index (χ0n) is 16.6. The van der Waals surface area contributed by atoms with Crippen molar-refractivity contribution in [2.75, 3.05) is 5.75 Å². The molecule has 0 aromatic carbocycles. The topological polar surface area (TPSA) is 101 Å².